The Morgan fingerprint density at radius 3 is 2.84 bits per heavy atom. The van der Waals surface area contributed by atoms with Crippen molar-refractivity contribution in [2.45, 2.75) is 57.7 Å². The average molecular weight is 259 g/mol. The summed E-state index contributed by atoms with van der Waals surface area (Å²) in [4.78, 5) is 0. The van der Waals surface area contributed by atoms with E-state index >= 15 is 0 Å². The van der Waals surface area contributed by atoms with Gasteiger partial charge in [0, 0.05) is 6.54 Å². The third-order valence-corrected chi connectivity index (χ3v) is 5.15. The molecule has 1 heterocycles. The quantitative estimate of drug-likeness (QED) is 0.853. The minimum absolute atomic E-state index is 0.122. The van der Waals surface area contributed by atoms with E-state index in [-0.39, 0.29) is 6.04 Å². The number of hydrogen-bond acceptors (Lipinski definition) is 2. The highest BCUT2D eigenvalue weighted by atomic mass is 16.3. The third kappa shape index (κ3) is 2.11. The maximum Gasteiger partial charge on any atom is 0.0872 e. The maximum atomic E-state index is 11.4. The molecule has 0 bridgehead atoms. The van der Waals surface area contributed by atoms with Gasteiger partial charge in [0.15, 0.2) is 0 Å². The molecule has 2 N–H and O–H groups in total. The van der Waals surface area contributed by atoms with Crippen molar-refractivity contribution in [3.05, 3.63) is 35.4 Å². The summed E-state index contributed by atoms with van der Waals surface area (Å²) in [7, 11) is 0. The van der Waals surface area contributed by atoms with Crippen LogP contribution in [-0.4, -0.2) is 10.7 Å². The molecule has 0 saturated heterocycles. The van der Waals surface area contributed by atoms with Crippen LogP contribution in [0.4, 0.5) is 0 Å². The number of nitrogens with one attached hydrogen (secondary N) is 1. The lowest BCUT2D eigenvalue weighted by Crippen LogP contribution is -2.51. The second-order valence-electron chi connectivity index (χ2n) is 6.60. The van der Waals surface area contributed by atoms with E-state index in [1.54, 1.807) is 0 Å². The summed E-state index contributed by atoms with van der Waals surface area (Å²) in [6, 6.07) is 8.67. The van der Waals surface area contributed by atoms with Crippen LogP contribution in [0.15, 0.2) is 24.3 Å². The number of aliphatic hydroxyl groups is 1. The third-order valence-electron chi connectivity index (χ3n) is 5.15. The first kappa shape index (κ1) is 13.1. The van der Waals surface area contributed by atoms with Crippen LogP contribution < -0.4 is 5.32 Å². The average Bonchev–Trinajstić information content (AvgIpc) is 2.83. The molecule has 0 aromatic heterocycles. The van der Waals surface area contributed by atoms with E-state index < -0.39 is 5.60 Å². The Kier molecular flexibility index (Phi) is 3.40. The highest BCUT2D eigenvalue weighted by Gasteiger charge is 2.48. The molecule has 0 amide bonds. The zero-order chi connectivity index (χ0) is 13.5. The Morgan fingerprint density at radius 1 is 1.26 bits per heavy atom. The van der Waals surface area contributed by atoms with Gasteiger partial charge in [0.05, 0.1) is 11.6 Å². The van der Waals surface area contributed by atoms with Crippen molar-refractivity contribution in [3.8, 4) is 0 Å². The van der Waals surface area contributed by atoms with Gasteiger partial charge < -0.3 is 10.4 Å². The number of rotatable bonds is 2. The fourth-order valence-corrected chi connectivity index (χ4v) is 4.22. The predicted molar refractivity (Wildman–Crippen MR) is 77.8 cm³/mol. The van der Waals surface area contributed by atoms with Gasteiger partial charge in [-0.05, 0) is 35.8 Å². The van der Waals surface area contributed by atoms with Crippen LogP contribution in [0.1, 0.15) is 56.7 Å². The van der Waals surface area contributed by atoms with Gasteiger partial charge in [-0.15, -0.1) is 0 Å². The number of fused-ring (bicyclic) bond motifs is 1. The van der Waals surface area contributed by atoms with Crippen LogP contribution in [-0.2, 0) is 6.54 Å². The molecule has 1 aromatic carbocycles. The van der Waals surface area contributed by atoms with Gasteiger partial charge in [-0.1, -0.05) is 51.0 Å². The van der Waals surface area contributed by atoms with Gasteiger partial charge >= 0.3 is 0 Å². The summed E-state index contributed by atoms with van der Waals surface area (Å²) in [6.45, 7) is 5.40. The summed E-state index contributed by atoms with van der Waals surface area (Å²) < 4.78 is 0. The van der Waals surface area contributed by atoms with Crippen LogP contribution in [0.5, 0.6) is 0 Å². The smallest absolute Gasteiger partial charge is 0.0872 e. The summed E-state index contributed by atoms with van der Waals surface area (Å²) in [5.74, 6) is 0.949. The van der Waals surface area contributed by atoms with Crippen molar-refractivity contribution >= 4 is 0 Å². The summed E-state index contributed by atoms with van der Waals surface area (Å²) in [5.41, 5.74) is 2.10. The minimum atomic E-state index is -0.570. The standard InChI is InChI=1S/C17H25NO/c1-12(2)15-9-5-6-10-17(15,19)16-14-8-4-3-7-13(14)11-18-16/h3-4,7-8,12,15-16,18-19H,5-6,9-11H2,1-2H3. The first-order valence-corrected chi connectivity index (χ1v) is 7.66. The first-order valence-electron chi connectivity index (χ1n) is 7.66. The van der Waals surface area contributed by atoms with Crippen molar-refractivity contribution in [1.82, 2.24) is 5.32 Å². The van der Waals surface area contributed by atoms with E-state index in [1.807, 2.05) is 0 Å². The molecule has 1 aliphatic heterocycles. The molecule has 2 nitrogen and oxygen atoms in total. The Bertz CT molecular complexity index is 456. The van der Waals surface area contributed by atoms with E-state index in [1.165, 1.54) is 17.5 Å². The summed E-state index contributed by atoms with van der Waals surface area (Å²) in [5, 5.41) is 15.0. The van der Waals surface area contributed by atoms with E-state index in [2.05, 4.69) is 43.4 Å². The number of benzene rings is 1. The normalized spacial score (nSPS) is 34.5. The highest BCUT2D eigenvalue weighted by molar-refractivity contribution is 5.36. The molecular weight excluding hydrogens is 234 g/mol. The van der Waals surface area contributed by atoms with E-state index in [0.29, 0.717) is 11.8 Å². The van der Waals surface area contributed by atoms with Crippen molar-refractivity contribution in [2.24, 2.45) is 11.8 Å². The molecule has 1 aliphatic carbocycles. The van der Waals surface area contributed by atoms with Crippen molar-refractivity contribution in [3.63, 3.8) is 0 Å². The Hall–Kier alpha value is -0.860. The monoisotopic (exact) mass is 259 g/mol. The molecule has 0 spiro atoms. The lowest BCUT2D eigenvalue weighted by atomic mass is 9.66. The van der Waals surface area contributed by atoms with Crippen LogP contribution >= 0.6 is 0 Å². The number of hydrogen-bond donors (Lipinski definition) is 2. The van der Waals surface area contributed by atoms with Crippen LogP contribution in [0, 0.1) is 11.8 Å². The Morgan fingerprint density at radius 2 is 2.05 bits per heavy atom. The lowest BCUT2D eigenvalue weighted by molar-refractivity contribution is -0.0922. The molecule has 3 unspecified atom stereocenters. The molecule has 19 heavy (non-hydrogen) atoms. The van der Waals surface area contributed by atoms with Crippen molar-refractivity contribution in [2.75, 3.05) is 0 Å². The van der Waals surface area contributed by atoms with Crippen molar-refractivity contribution < 1.29 is 5.11 Å². The molecular formula is C17H25NO. The molecule has 3 atom stereocenters. The maximum absolute atomic E-state index is 11.4. The SMILES string of the molecule is CC(C)C1CCCCC1(O)C1NCc2ccccc21. The molecule has 2 heteroatoms. The van der Waals surface area contributed by atoms with Crippen molar-refractivity contribution in [1.29, 1.82) is 0 Å². The van der Waals surface area contributed by atoms with E-state index in [0.717, 1.165) is 25.8 Å². The van der Waals surface area contributed by atoms with Crippen LogP contribution in [0.25, 0.3) is 0 Å². The first-order chi connectivity index (χ1) is 9.13. The van der Waals surface area contributed by atoms with E-state index in [9.17, 15) is 5.11 Å². The fraction of sp³-hybridized carbons (Fsp3) is 0.647. The molecule has 1 fully saturated rings. The molecule has 0 radical (unpaired) electrons. The highest BCUT2D eigenvalue weighted by Crippen LogP contribution is 2.47. The predicted octanol–water partition coefficient (Wildman–Crippen LogP) is 3.41. The fourth-order valence-electron chi connectivity index (χ4n) is 4.22. The largest absolute Gasteiger partial charge is 0.388 e. The second kappa shape index (κ2) is 4.92. The van der Waals surface area contributed by atoms with E-state index in [4.69, 9.17) is 0 Å². The summed E-state index contributed by atoms with van der Waals surface area (Å²) in [6.07, 6.45) is 4.51. The molecule has 2 aliphatic rings. The van der Waals surface area contributed by atoms with Crippen LogP contribution in [0.2, 0.25) is 0 Å². The minimum Gasteiger partial charge on any atom is -0.388 e. The molecule has 1 saturated carbocycles. The van der Waals surface area contributed by atoms with Gasteiger partial charge in [-0.25, -0.2) is 0 Å². The molecule has 3 rings (SSSR count). The second-order valence-corrected chi connectivity index (χ2v) is 6.60. The van der Waals surface area contributed by atoms with Gasteiger partial charge in [0.25, 0.3) is 0 Å². The topological polar surface area (TPSA) is 32.3 Å². The Labute approximate surface area is 116 Å². The zero-order valence-electron chi connectivity index (χ0n) is 12.0. The van der Waals surface area contributed by atoms with Gasteiger partial charge in [-0.2, -0.15) is 0 Å². The zero-order valence-corrected chi connectivity index (χ0v) is 12.0. The lowest BCUT2D eigenvalue weighted by Gasteiger charge is -2.46. The summed E-state index contributed by atoms with van der Waals surface area (Å²) >= 11 is 0. The molecule has 1 aromatic rings. The molecule has 104 valence electrons. The Balaban J connectivity index is 1.96. The van der Waals surface area contributed by atoms with Gasteiger partial charge in [-0.3, -0.25) is 0 Å². The van der Waals surface area contributed by atoms with Crippen LogP contribution in [0.3, 0.4) is 0 Å². The van der Waals surface area contributed by atoms with Gasteiger partial charge in [0.1, 0.15) is 0 Å². The van der Waals surface area contributed by atoms with Gasteiger partial charge in [0.2, 0.25) is 0 Å².